The van der Waals surface area contributed by atoms with Crippen molar-refractivity contribution in [1.82, 2.24) is 5.32 Å². The van der Waals surface area contributed by atoms with E-state index >= 15 is 0 Å². The van der Waals surface area contributed by atoms with Crippen LogP contribution in [0, 0.1) is 13.8 Å². The van der Waals surface area contributed by atoms with Crippen molar-refractivity contribution in [1.29, 1.82) is 0 Å². The fraction of sp³-hybridized carbons (Fsp3) is 0.435. The molecular formula is C23H31NO2. The van der Waals surface area contributed by atoms with E-state index in [-0.39, 0.29) is 17.4 Å². The molecular weight excluding hydrogens is 322 g/mol. The van der Waals surface area contributed by atoms with E-state index in [1.165, 1.54) is 11.1 Å². The molecule has 0 bridgehead atoms. The Labute approximate surface area is 157 Å². The Morgan fingerprint density at radius 2 is 1.62 bits per heavy atom. The van der Waals surface area contributed by atoms with Crippen molar-refractivity contribution in [3.05, 3.63) is 64.7 Å². The zero-order chi connectivity index (χ0) is 19.5. The summed E-state index contributed by atoms with van der Waals surface area (Å²) in [6.07, 6.45) is -0.548. The predicted octanol–water partition coefficient (Wildman–Crippen LogP) is 5.25. The molecule has 1 N–H and O–H groups in total. The van der Waals surface area contributed by atoms with Crippen LogP contribution < -0.4 is 10.1 Å². The minimum Gasteiger partial charge on any atom is -0.481 e. The number of carbonyl (C=O) groups is 1. The van der Waals surface area contributed by atoms with Crippen LogP contribution in [0.2, 0.25) is 0 Å². The molecule has 0 saturated heterocycles. The smallest absolute Gasteiger partial charge is 0.261 e. The number of hydrogen-bond acceptors (Lipinski definition) is 2. The minimum atomic E-state index is -0.548. The van der Waals surface area contributed by atoms with Gasteiger partial charge in [0.1, 0.15) is 5.75 Å². The Hall–Kier alpha value is -2.29. The van der Waals surface area contributed by atoms with Crippen molar-refractivity contribution in [2.45, 2.75) is 66.0 Å². The largest absolute Gasteiger partial charge is 0.481 e. The van der Waals surface area contributed by atoms with Crippen molar-refractivity contribution >= 4 is 5.91 Å². The second-order valence-electron chi connectivity index (χ2n) is 8.13. The maximum absolute atomic E-state index is 12.5. The van der Waals surface area contributed by atoms with Gasteiger partial charge in [0.15, 0.2) is 6.10 Å². The molecule has 0 aliphatic heterocycles. The van der Waals surface area contributed by atoms with Crippen LogP contribution in [0.1, 0.15) is 62.9 Å². The topological polar surface area (TPSA) is 38.3 Å². The fourth-order valence-electron chi connectivity index (χ4n) is 2.86. The lowest BCUT2D eigenvalue weighted by molar-refractivity contribution is -0.127. The number of amides is 1. The van der Waals surface area contributed by atoms with E-state index in [1.807, 2.05) is 32.9 Å². The third kappa shape index (κ3) is 5.10. The fourth-order valence-corrected chi connectivity index (χ4v) is 2.86. The van der Waals surface area contributed by atoms with E-state index in [2.05, 4.69) is 56.4 Å². The van der Waals surface area contributed by atoms with E-state index in [4.69, 9.17) is 4.74 Å². The molecule has 3 heteroatoms. The lowest BCUT2D eigenvalue weighted by atomic mass is 9.86. The average molecular weight is 354 g/mol. The molecule has 26 heavy (non-hydrogen) atoms. The normalized spacial score (nSPS) is 13.8. The Morgan fingerprint density at radius 3 is 2.15 bits per heavy atom. The standard InChI is InChI=1S/C23H31NO2/c1-15-8-13-21(16(2)14-15)26-18(4)22(25)24-17(3)19-9-11-20(12-10-19)23(5,6)7/h8-14,17-18H,1-7H3,(H,24,25)/t17-,18-/m0/s1. The molecule has 2 aromatic carbocycles. The highest BCUT2D eigenvalue weighted by molar-refractivity contribution is 5.81. The number of hydrogen-bond donors (Lipinski definition) is 1. The number of nitrogens with one attached hydrogen (secondary N) is 1. The summed E-state index contributed by atoms with van der Waals surface area (Å²) in [6.45, 7) is 14.4. The van der Waals surface area contributed by atoms with Gasteiger partial charge in [-0.2, -0.15) is 0 Å². The highest BCUT2D eigenvalue weighted by Gasteiger charge is 2.19. The molecule has 2 rings (SSSR count). The van der Waals surface area contributed by atoms with Gasteiger partial charge in [-0.25, -0.2) is 0 Å². The molecule has 0 fully saturated rings. The molecule has 1 amide bonds. The summed E-state index contributed by atoms with van der Waals surface area (Å²) in [5.74, 6) is 0.637. The minimum absolute atomic E-state index is 0.0679. The summed E-state index contributed by atoms with van der Waals surface area (Å²) in [5, 5.41) is 3.04. The Balaban J connectivity index is 1.99. The van der Waals surface area contributed by atoms with Crippen molar-refractivity contribution in [3.8, 4) is 5.75 Å². The van der Waals surface area contributed by atoms with Gasteiger partial charge in [0.05, 0.1) is 6.04 Å². The first kappa shape index (κ1) is 20.0. The first-order valence-electron chi connectivity index (χ1n) is 9.22. The second-order valence-corrected chi connectivity index (χ2v) is 8.13. The number of benzene rings is 2. The lowest BCUT2D eigenvalue weighted by Crippen LogP contribution is -2.37. The predicted molar refractivity (Wildman–Crippen MR) is 108 cm³/mol. The number of rotatable bonds is 5. The summed E-state index contributed by atoms with van der Waals surface area (Å²) in [5.41, 5.74) is 4.71. The van der Waals surface area contributed by atoms with Crippen LogP contribution >= 0.6 is 0 Å². The van der Waals surface area contributed by atoms with Gasteiger partial charge in [-0.3, -0.25) is 4.79 Å². The van der Waals surface area contributed by atoms with Crippen LogP contribution in [0.15, 0.2) is 42.5 Å². The highest BCUT2D eigenvalue weighted by atomic mass is 16.5. The van der Waals surface area contributed by atoms with Crippen LogP contribution in [0.4, 0.5) is 0 Å². The summed E-state index contributed by atoms with van der Waals surface area (Å²) < 4.78 is 5.85. The highest BCUT2D eigenvalue weighted by Crippen LogP contribution is 2.24. The lowest BCUT2D eigenvalue weighted by Gasteiger charge is -2.22. The van der Waals surface area contributed by atoms with Crippen molar-refractivity contribution in [2.75, 3.05) is 0 Å². The Kier molecular flexibility index (Phi) is 6.12. The molecule has 0 unspecified atom stereocenters. The number of aryl methyl sites for hydroxylation is 2. The third-order valence-electron chi connectivity index (χ3n) is 4.64. The van der Waals surface area contributed by atoms with Gasteiger partial charge in [0, 0.05) is 0 Å². The van der Waals surface area contributed by atoms with Crippen LogP contribution in [-0.2, 0) is 10.2 Å². The number of ether oxygens (including phenoxy) is 1. The molecule has 0 spiro atoms. The van der Waals surface area contributed by atoms with Crippen molar-refractivity contribution in [2.24, 2.45) is 0 Å². The van der Waals surface area contributed by atoms with Gasteiger partial charge in [0.25, 0.3) is 5.91 Å². The summed E-state index contributed by atoms with van der Waals surface area (Å²) in [6, 6.07) is 14.3. The van der Waals surface area contributed by atoms with Gasteiger partial charge in [-0.05, 0) is 55.9 Å². The van der Waals surface area contributed by atoms with E-state index in [1.54, 1.807) is 6.92 Å². The van der Waals surface area contributed by atoms with E-state index in [0.717, 1.165) is 16.9 Å². The molecule has 2 atom stereocenters. The van der Waals surface area contributed by atoms with Crippen LogP contribution in [0.3, 0.4) is 0 Å². The zero-order valence-corrected chi connectivity index (χ0v) is 17.0. The Bertz CT molecular complexity index is 757. The summed E-state index contributed by atoms with van der Waals surface area (Å²) in [4.78, 5) is 12.5. The molecule has 0 aliphatic rings. The van der Waals surface area contributed by atoms with Crippen LogP contribution in [0.5, 0.6) is 5.75 Å². The molecule has 0 aliphatic carbocycles. The summed E-state index contributed by atoms with van der Waals surface area (Å²) in [7, 11) is 0. The van der Waals surface area contributed by atoms with Gasteiger partial charge in [0.2, 0.25) is 0 Å². The maximum atomic E-state index is 12.5. The first-order valence-corrected chi connectivity index (χ1v) is 9.22. The van der Waals surface area contributed by atoms with Gasteiger partial charge < -0.3 is 10.1 Å². The molecule has 2 aromatic rings. The van der Waals surface area contributed by atoms with E-state index in [0.29, 0.717) is 0 Å². The molecule has 0 radical (unpaired) electrons. The summed E-state index contributed by atoms with van der Waals surface area (Å²) >= 11 is 0. The van der Waals surface area contributed by atoms with E-state index in [9.17, 15) is 4.79 Å². The Morgan fingerprint density at radius 1 is 1.00 bits per heavy atom. The van der Waals surface area contributed by atoms with Crippen molar-refractivity contribution < 1.29 is 9.53 Å². The molecule has 140 valence electrons. The SMILES string of the molecule is Cc1ccc(O[C@@H](C)C(=O)N[C@@H](C)c2ccc(C(C)(C)C)cc2)c(C)c1. The quantitative estimate of drug-likeness (QED) is 0.798. The zero-order valence-electron chi connectivity index (χ0n) is 17.0. The first-order chi connectivity index (χ1) is 12.1. The maximum Gasteiger partial charge on any atom is 0.261 e. The monoisotopic (exact) mass is 353 g/mol. The van der Waals surface area contributed by atoms with Crippen LogP contribution in [0.25, 0.3) is 0 Å². The van der Waals surface area contributed by atoms with Gasteiger partial charge in [-0.1, -0.05) is 62.7 Å². The molecule has 0 saturated carbocycles. The third-order valence-corrected chi connectivity index (χ3v) is 4.64. The van der Waals surface area contributed by atoms with Crippen molar-refractivity contribution in [3.63, 3.8) is 0 Å². The van der Waals surface area contributed by atoms with E-state index < -0.39 is 6.10 Å². The average Bonchev–Trinajstić information content (AvgIpc) is 2.56. The van der Waals surface area contributed by atoms with Crippen LogP contribution in [-0.4, -0.2) is 12.0 Å². The number of carbonyl (C=O) groups excluding carboxylic acids is 1. The second kappa shape index (κ2) is 7.94. The van der Waals surface area contributed by atoms with Gasteiger partial charge >= 0.3 is 0 Å². The van der Waals surface area contributed by atoms with Gasteiger partial charge in [-0.15, -0.1) is 0 Å². The molecule has 0 heterocycles. The molecule has 3 nitrogen and oxygen atoms in total. The molecule has 0 aromatic heterocycles.